The van der Waals surface area contributed by atoms with E-state index < -0.39 is 0 Å². The van der Waals surface area contributed by atoms with Crippen LogP contribution in [-0.4, -0.2) is 19.1 Å². The van der Waals surface area contributed by atoms with Gasteiger partial charge in [0.1, 0.15) is 6.07 Å². The zero-order valence-electron chi connectivity index (χ0n) is 28.0. The highest BCUT2D eigenvalue weighted by Crippen LogP contribution is 2.42. The zero-order valence-corrected chi connectivity index (χ0v) is 28.0. The van der Waals surface area contributed by atoms with E-state index in [1.165, 1.54) is 10.8 Å². The molecule has 52 heavy (non-hydrogen) atoms. The topological polar surface area (TPSA) is 59.4 Å². The second kappa shape index (κ2) is 11.9. The van der Waals surface area contributed by atoms with E-state index >= 15 is 0 Å². The molecule has 10 rings (SSSR count). The van der Waals surface area contributed by atoms with E-state index in [0.29, 0.717) is 11.4 Å². The molecule has 10 aromatic rings. The highest BCUT2D eigenvalue weighted by Gasteiger charge is 2.22. The number of rotatable bonds is 5. The normalized spacial score (nSPS) is 11.4. The molecule has 242 valence electrons. The number of benzene rings is 7. The van der Waals surface area contributed by atoms with Crippen LogP contribution < -0.4 is 0 Å². The van der Waals surface area contributed by atoms with Gasteiger partial charge in [-0.2, -0.15) is 5.26 Å². The predicted molar refractivity (Wildman–Crippen MR) is 212 cm³/mol. The van der Waals surface area contributed by atoms with Crippen molar-refractivity contribution >= 4 is 43.6 Å². The molecule has 5 heteroatoms. The smallest absolute Gasteiger partial charge is 0.160 e. The van der Waals surface area contributed by atoms with Gasteiger partial charge in [-0.05, 0) is 54.6 Å². The molecule has 0 radical (unpaired) electrons. The van der Waals surface area contributed by atoms with E-state index in [2.05, 4.69) is 137 Å². The molecule has 0 fully saturated rings. The monoisotopic (exact) mass is 663 g/mol. The molecular formula is C47H29N5. The van der Waals surface area contributed by atoms with E-state index in [1.54, 1.807) is 0 Å². The van der Waals surface area contributed by atoms with Gasteiger partial charge in [-0.3, -0.25) is 0 Å². The molecule has 7 aromatic carbocycles. The van der Waals surface area contributed by atoms with Crippen LogP contribution in [0.25, 0.3) is 88.9 Å². The first-order valence-electron chi connectivity index (χ1n) is 17.3. The largest absolute Gasteiger partial charge is 0.309 e. The number of nitriles is 1. The van der Waals surface area contributed by atoms with Crippen LogP contribution in [0.15, 0.2) is 176 Å². The quantitative estimate of drug-likeness (QED) is 0.184. The van der Waals surface area contributed by atoms with Crippen LogP contribution in [0.5, 0.6) is 0 Å². The summed E-state index contributed by atoms with van der Waals surface area (Å²) in [6.07, 6.45) is 0. The third kappa shape index (κ3) is 4.63. The Labute approximate surface area is 299 Å². The van der Waals surface area contributed by atoms with Crippen LogP contribution in [0.1, 0.15) is 5.56 Å². The van der Waals surface area contributed by atoms with Crippen LogP contribution in [0.2, 0.25) is 0 Å². The molecule has 5 nitrogen and oxygen atoms in total. The molecular weight excluding hydrogens is 635 g/mol. The molecule has 0 aliphatic carbocycles. The number of hydrogen-bond acceptors (Lipinski definition) is 3. The lowest BCUT2D eigenvalue weighted by Crippen LogP contribution is -2.00. The Kier molecular flexibility index (Phi) is 6.80. The Hall–Kier alpha value is -7.29. The fraction of sp³-hybridized carbons (Fsp3) is 0. The van der Waals surface area contributed by atoms with Crippen LogP contribution >= 0.6 is 0 Å². The van der Waals surface area contributed by atoms with Gasteiger partial charge in [0.2, 0.25) is 0 Å². The first-order valence-corrected chi connectivity index (χ1v) is 17.3. The lowest BCUT2D eigenvalue weighted by atomic mass is 10.1. The van der Waals surface area contributed by atoms with Crippen LogP contribution in [-0.2, 0) is 0 Å². The van der Waals surface area contributed by atoms with Gasteiger partial charge in [0, 0.05) is 43.9 Å². The third-order valence-electron chi connectivity index (χ3n) is 9.97. The van der Waals surface area contributed by atoms with E-state index in [-0.39, 0.29) is 0 Å². The molecule has 0 saturated carbocycles. The minimum absolute atomic E-state index is 0.567. The van der Waals surface area contributed by atoms with Crippen molar-refractivity contribution in [1.29, 1.82) is 5.26 Å². The van der Waals surface area contributed by atoms with Crippen molar-refractivity contribution in [3.8, 4) is 51.3 Å². The van der Waals surface area contributed by atoms with Crippen molar-refractivity contribution in [3.05, 3.63) is 181 Å². The Bertz CT molecular complexity index is 2950. The SMILES string of the molecule is N#Cc1ccc(-c2nc(-c3ccccc3)cc(-c3ccccc3)n2)cc1-n1c2ccccc2c2c1ccc1c3ccccc3n(-c3ccccc3)c12. The summed E-state index contributed by atoms with van der Waals surface area (Å²) in [5, 5.41) is 15.2. The summed E-state index contributed by atoms with van der Waals surface area (Å²) in [5.41, 5.74) is 11.3. The fourth-order valence-corrected chi connectivity index (χ4v) is 7.65. The van der Waals surface area contributed by atoms with Gasteiger partial charge in [0.25, 0.3) is 0 Å². The molecule has 0 spiro atoms. The second-order valence-corrected chi connectivity index (χ2v) is 12.9. The summed E-state index contributed by atoms with van der Waals surface area (Å²) in [6.45, 7) is 0. The number of nitrogens with zero attached hydrogens (tertiary/aromatic N) is 5. The number of hydrogen-bond donors (Lipinski definition) is 0. The van der Waals surface area contributed by atoms with Crippen molar-refractivity contribution in [2.24, 2.45) is 0 Å². The maximum absolute atomic E-state index is 10.6. The first-order chi connectivity index (χ1) is 25.8. The molecule has 0 aliphatic heterocycles. The molecule has 3 heterocycles. The van der Waals surface area contributed by atoms with E-state index in [4.69, 9.17) is 9.97 Å². The second-order valence-electron chi connectivity index (χ2n) is 12.9. The number of para-hydroxylation sites is 3. The molecule has 3 aromatic heterocycles. The number of fused-ring (bicyclic) bond motifs is 7. The predicted octanol–water partition coefficient (Wildman–Crippen LogP) is 11.5. The summed E-state index contributed by atoms with van der Waals surface area (Å²) in [6, 6.07) is 62.9. The molecule has 0 N–H and O–H groups in total. The van der Waals surface area contributed by atoms with Gasteiger partial charge in [-0.15, -0.1) is 0 Å². The molecule has 0 unspecified atom stereocenters. The van der Waals surface area contributed by atoms with Gasteiger partial charge < -0.3 is 9.13 Å². The first kappa shape index (κ1) is 29.6. The lowest BCUT2D eigenvalue weighted by molar-refractivity contribution is 1.15. The molecule has 0 saturated heterocycles. The average molecular weight is 664 g/mol. The molecule has 0 aliphatic rings. The number of aromatic nitrogens is 4. The Balaban J connectivity index is 1.27. The van der Waals surface area contributed by atoms with Gasteiger partial charge in [0.05, 0.1) is 44.7 Å². The minimum atomic E-state index is 0.567. The van der Waals surface area contributed by atoms with Crippen molar-refractivity contribution in [2.45, 2.75) is 0 Å². The standard InChI is InChI=1S/C47H29N5/c48-30-34-25-24-33(47-49-39(31-14-4-1-5-15-31)29-40(50-47)32-16-6-2-7-17-32)28-44(34)52-42-23-13-11-21-38(42)45-43(52)27-26-37-36-20-10-12-22-41(36)51(46(37)45)35-18-8-3-9-19-35/h1-29H. The van der Waals surface area contributed by atoms with Crippen molar-refractivity contribution in [2.75, 3.05) is 0 Å². The van der Waals surface area contributed by atoms with E-state index in [9.17, 15) is 5.26 Å². The Morgan fingerprint density at radius 1 is 0.442 bits per heavy atom. The van der Waals surface area contributed by atoms with Crippen LogP contribution in [0.4, 0.5) is 0 Å². The lowest BCUT2D eigenvalue weighted by Gasteiger charge is -2.14. The fourth-order valence-electron chi connectivity index (χ4n) is 7.65. The third-order valence-corrected chi connectivity index (χ3v) is 9.97. The highest BCUT2D eigenvalue weighted by atomic mass is 15.0. The molecule has 0 bridgehead atoms. The van der Waals surface area contributed by atoms with Gasteiger partial charge in [0.15, 0.2) is 5.82 Å². The molecule has 0 atom stereocenters. The van der Waals surface area contributed by atoms with Gasteiger partial charge in [-0.1, -0.05) is 121 Å². The Morgan fingerprint density at radius 2 is 1.02 bits per heavy atom. The maximum atomic E-state index is 10.6. The van der Waals surface area contributed by atoms with E-state index in [1.807, 2.05) is 54.6 Å². The molecule has 0 amide bonds. The zero-order chi connectivity index (χ0) is 34.6. The van der Waals surface area contributed by atoms with Crippen molar-refractivity contribution < 1.29 is 0 Å². The van der Waals surface area contributed by atoms with Crippen LogP contribution in [0, 0.1) is 11.3 Å². The van der Waals surface area contributed by atoms with E-state index in [0.717, 1.165) is 72.3 Å². The van der Waals surface area contributed by atoms with Gasteiger partial charge >= 0.3 is 0 Å². The summed E-state index contributed by atoms with van der Waals surface area (Å²) in [7, 11) is 0. The summed E-state index contributed by atoms with van der Waals surface area (Å²) in [5.74, 6) is 0.596. The minimum Gasteiger partial charge on any atom is -0.309 e. The summed E-state index contributed by atoms with van der Waals surface area (Å²) in [4.78, 5) is 10.2. The Morgan fingerprint density at radius 3 is 1.67 bits per heavy atom. The van der Waals surface area contributed by atoms with Crippen molar-refractivity contribution in [1.82, 2.24) is 19.1 Å². The van der Waals surface area contributed by atoms with Crippen LogP contribution in [0.3, 0.4) is 0 Å². The highest BCUT2D eigenvalue weighted by molar-refractivity contribution is 6.26. The average Bonchev–Trinajstić information content (AvgIpc) is 3.74. The summed E-state index contributed by atoms with van der Waals surface area (Å²) >= 11 is 0. The maximum Gasteiger partial charge on any atom is 0.160 e. The van der Waals surface area contributed by atoms with Gasteiger partial charge in [-0.25, -0.2) is 9.97 Å². The van der Waals surface area contributed by atoms with Crippen molar-refractivity contribution in [3.63, 3.8) is 0 Å². The summed E-state index contributed by atoms with van der Waals surface area (Å²) < 4.78 is 4.61.